The molecule has 1 fully saturated rings. The molecule has 0 unspecified atom stereocenters. The fourth-order valence-electron chi connectivity index (χ4n) is 2.68. The minimum Gasteiger partial charge on any atom is -0.480 e. The lowest BCUT2D eigenvalue weighted by molar-refractivity contribution is -0.138. The normalized spacial score (nSPS) is 18.1. The topological polar surface area (TPSA) is 61.6 Å². The number of carboxylic acid groups (broad SMARTS) is 1. The van der Waals surface area contributed by atoms with Gasteiger partial charge in [-0.3, -0.25) is 14.6 Å². The van der Waals surface area contributed by atoms with E-state index >= 15 is 0 Å². The van der Waals surface area contributed by atoms with E-state index < -0.39 is 5.97 Å². The second-order valence-electron chi connectivity index (χ2n) is 5.38. The second kappa shape index (κ2) is 7.40. The molecule has 1 N–H and O–H groups in total. The van der Waals surface area contributed by atoms with Crippen LogP contribution in [-0.4, -0.2) is 63.2 Å². The summed E-state index contributed by atoms with van der Waals surface area (Å²) in [6.07, 6.45) is 5.97. The van der Waals surface area contributed by atoms with Crippen molar-refractivity contribution < 1.29 is 9.90 Å². The van der Waals surface area contributed by atoms with Gasteiger partial charge in [0.25, 0.3) is 0 Å². The van der Waals surface area contributed by atoms with Gasteiger partial charge in [0.05, 0.1) is 18.6 Å². The fourth-order valence-corrected chi connectivity index (χ4v) is 2.68. The molecule has 6 heteroatoms. The Hall–Kier alpha value is -1.40. The van der Waals surface area contributed by atoms with Crippen molar-refractivity contribution in [3.8, 4) is 0 Å². The van der Waals surface area contributed by atoms with Crippen LogP contribution in [0.3, 0.4) is 0 Å². The lowest BCUT2D eigenvalue weighted by atomic mass is 10.3. The number of imidazole rings is 1. The zero-order valence-corrected chi connectivity index (χ0v) is 12.2. The Bertz CT molecular complexity index is 433. The molecule has 0 saturated carbocycles. The monoisotopic (exact) mass is 280 g/mol. The van der Waals surface area contributed by atoms with Crippen molar-refractivity contribution in [1.82, 2.24) is 19.4 Å². The van der Waals surface area contributed by atoms with Crippen molar-refractivity contribution in [3.05, 3.63) is 18.2 Å². The Balaban J connectivity index is 1.87. The lowest BCUT2D eigenvalue weighted by Crippen LogP contribution is -2.34. The van der Waals surface area contributed by atoms with Crippen LogP contribution in [0.15, 0.2) is 12.5 Å². The molecule has 0 bridgehead atoms. The number of carbonyl (C=O) groups is 1. The highest BCUT2D eigenvalue weighted by molar-refractivity contribution is 5.69. The number of nitrogens with zero attached hydrogens (tertiary/aromatic N) is 4. The molecule has 112 valence electrons. The van der Waals surface area contributed by atoms with E-state index in [2.05, 4.69) is 21.4 Å². The highest BCUT2D eigenvalue weighted by Gasteiger charge is 2.17. The van der Waals surface area contributed by atoms with Crippen LogP contribution in [0.5, 0.6) is 0 Å². The number of carboxylic acids is 1. The molecule has 0 amide bonds. The summed E-state index contributed by atoms with van der Waals surface area (Å²) >= 11 is 0. The van der Waals surface area contributed by atoms with Crippen LogP contribution in [-0.2, 0) is 17.9 Å². The summed E-state index contributed by atoms with van der Waals surface area (Å²) in [7, 11) is 0. The summed E-state index contributed by atoms with van der Waals surface area (Å²) in [4.78, 5) is 19.4. The first-order valence-corrected chi connectivity index (χ1v) is 7.34. The van der Waals surface area contributed by atoms with Gasteiger partial charge in [0, 0.05) is 38.9 Å². The first-order chi connectivity index (χ1) is 9.69. The molecule has 0 radical (unpaired) electrons. The van der Waals surface area contributed by atoms with Gasteiger partial charge < -0.3 is 9.67 Å². The predicted octanol–water partition coefficient (Wildman–Crippen LogP) is 0.885. The van der Waals surface area contributed by atoms with Gasteiger partial charge in [-0.2, -0.15) is 0 Å². The maximum atomic E-state index is 10.8. The van der Waals surface area contributed by atoms with Crippen molar-refractivity contribution >= 4 is 5.97 Å². The largest absolute Gasteiger partial charge is 0.480 e. The summed E-state index contributed by atoms with van der Waals surface area (Å²) in [5.74, 6) is -0.737. The maximum Gasteiger partial charge on any atom is 0.317 e. The number of aryl methyl sites for hydroxylation is 1. The number of rotatable bonds is 6. The molecule has 1 aliphatic heterocycles. The minimum atomic E-state index is -0.737. The van der Waals surface area contributed by atoms with Crippen LogP contribution in [0.4, 0.5) is 0 Å². The van der Waals surface area contributed by atoms with Gasteiger partial charge in [0.15, 0.2) is 0 Å². The zero-order chi connectivity index (χ0) is 14.4. The average Bonchev–Trinajstić information content (AvgIpc) is 2.70. The smallest absolute Gasteiger partial charge is 0.317 e. The Labute approximate surface area is 120 Å². The molecule has 1 aliphatic rings. The fraction of sp³-hybridized carbons (Fsp3) is 0.714. The number of hydrogen-bond donors (Lipinski definition) is 1. The van der Waals surface area contributed by atoms with E-state index in [4.69, 9.17) is 5.11 Å². The second-order valence-corrected chi connectivity index (χ2v) is 5.38. The van der Waals surface area contributed by atoms with E-state index in [1.807, 2.05) is 17.4 Å². The molecule has 2 heterocycles. The van der Waals surface area contributed by atoms with Crippen molar-refractivity contribution in [2.45, 2.75) is 32.9 Å². The van der Waals surface area contributed by atoms with Crippen LogP contribution in [0, 0.1) is 0 Å². The third kappa shape index (κ3) is 4.31. The van der Waals surface area contributed by atoms with Crippen LogP contribution < -0.4 is 0 Å². The molecule has 1 aromatic rings. The Morgan fingerprint density at radius 3 is 2.80 bits per heavy atom. The van der Waals surface area contributed by atoms with Crippen LogP contribution >= 0.6 is 0 Å². The number of hydrogen-bond acceptors (Lipinski definition) is 4. The van der Waals surface area contributed by atoms with E-state index in [-0.39, 0.29) is 6.54 Å². The average molecular weight is 280 g/mol. The van der Waals surface area contributed by atoms with Gasteiger partial charge in [0.1, 0.15) is 0 Å². The van der Waals surface area contributed by atoms with E-state index in [1.165, 1.54) is 5.69 Å². The highest BCUT2D eigenvalue weighted by Crippen LogP contribution is 2.09. The molecule has 0 spiro atoms. The van der Waals surface area contributed by atoms with Gasteiger partial charge in [-0.25, -0.2) is 4.98 Å². The predicted molar refractivity (Wildman–Crippen MR) is 76.5 cm³/mol. The van der Waals surface area contributed by atoms with Gasteiger partial charge in [0.2, 0.25) is 0 Å². The SMILES string of the molecule is CCCn1cncc1CN1CCCN(CC(=O)O)CC1. The highest BCUT2D eigenvalue weighted by atomic mass is 16.4. The van der Waals surface area contributed by atoms with Gasteiger partial charge in [-0.05, 0) is 19.4 Å². The molecule has 6 nitrogen and oxygen atoms in total. The summed E-state index contributed by atoms with van der Waals surface area (Å²) in [5, 5.41) is 8.86. The van der Waals surface area contributed by atoms with Crippen molar-refractivity contribution in [1.29, 1.82) is 0 Å². The number of aliphatic carboxylic acids is 1. The van der Waals surface area contributed by atoms with Crippen molar-refractivity contribution in [2.24, 2.45) is 0 Å². The first-order valence-electron chi connectivity index (χ1n) is 7.34. The Morgan fingerprint density at radius 2 is 2.05 bits per heavy atom. The Morgan fingerprint density at radius 1 is 1.30 bits per heavy atom. The van der Waals surface area contributed by atoms with Crippen molar-refractivity contribution in [3.63, 3.8) is 0 Å². The summed E-state index contributed by atoms with van der Waals surface area (Å²) in [6.45, 7) is 7.87. The first kappa shape index (κ1) is 15.0. The van der Waals surface area contributed by atoms with Gasteiger partial charge in [-0.1, -0.05) is 6.92 Å². The lowest BCUT2D eigenvalue weighted by Gasteiger charge is -2.21. The van der Waals surface area contributed by atoms with Gasteiger partial charge >= 0.3 is 5.97 Å². The minimum absolute atomic E-state index is 0.154. The van der Waals surface area contributed by atoms with Crippen LogP contribution in [0.2, 0.25) is 0 Å². The zero-order valence-electron chi connectivity index (χ0n) is 12.2. The molecule has 2 rings (SSSR count). The van der Waals surface area contributed by atoms with E-state index in [9.17, 15) is 4.79 Å². The molecule has 0 atom stereocenters. The van der Waals surface area contributed by atoms with E-state index in [0.717, 1.165) is 52.1 Å². The molecule has 1 saturated heterocycles. The Kier molecular flexibility index (Phi) is 5.55. The third-order valence-corrected chi connectivity index (χ3v) is 3.69. The van der Waals surface area contributed by atoms with E-state index in [1.54, 1.807) is 0 Å². The standard InChI is InChI=1S/C14H24N4O2/c1-2-4-18-12-15-9-13(18)10-16-5-3-6-17(8-7-16)11-14(19)20/h9,12H,2-8,10-11H2,1H3,(H,19,20). The summed E-state index contributed by atoms with van der Waals surface area (Å²) in [6, 6.07) is 0. The van der Waals surface area contributed by atoms with Gasteiger partial charge in [-0.15, -0.1) is 0 Å². The number of aromatic nitrogens is 2. The molecular weight excluding hydrogens is 256 g/mol. The van der Waals surface area contributed by atoms with Crippen LogP contribution in [0.25, 0.3) is 0 Å². The molecule has 0 aliphatic carbocycles. The van der Waals surface area contributed by atoms with Crippen LogP contribution in [0.1, 0.15) is 25.5 Å². The summed E-state index contributed by atoms with van der Waals surface area (Å²) < 4.78 is 2.21. The van der Waals surface area contributed by atoms with E-state index in [0.29, 0.717) is 0 Å². The molecule has 1 aromatic heterocycles. The molecule has 0 aromatic carbocycles. The maximum absolute atomic E-state index is 10.8. The molecule has 20 heavy (non-hydrogen) atoms. The molecular formula is C14H24N4O2. The van der Waals surface area contributed by atoms with Crippen molar-refractivity contribution in [2.75, 3.05) is 32.7 Å². The third-order valence-electron chi connectivity index (χ3n) is 3.69. The summed E-state index contributed by atoms with van der Waals surface area (Å²) in [5.41, 5.74) is 1.25. The quantitative estimate of drug-likeness (QED) is 0.838.